The quantitative estimate of drug-likeness (QED) is 0.822. The average molecular weight is 355 g/mol. The van der Waals surface area contributed by atoms with Gasteiger partial charge in [-0.15, -0.1) is 0 Å². The lowest BCUT2D eigenvalue weighted by Gasteiger charge is -2.09. The van der Waals surface area contributed by atoms with Crippen LogP contribution >= 0.6 is 27.5 Å². The third-order valence-electron chi connectivity index (χ3n) is 2.79. The van der Waals surface area contributed by atoms with Gasteiger partial charge in [0.1, 0.15) is 0 Å². The maximum absolute atomic E-state index is 11.3. The third kappa shape index (κ3) is 3.74. The zero-order chi connectivity index (χ0) is 14.5. The van der Waals surface area contributed by atoms with E-state index in [4.69, 9.17) is 11.6 Å². The number of carbonyl (C=O) groups is 1. The number of hydrogen-bond acceptors (Lipinski definition) is 3. The van der Waals surface area contributed by atoms with Gasteiger partial charge in [0.2, 0.25) is 0 Å². The highest BCUT2D eigenvalue weighted by atomic mass is 79.9. The molecule has 0 bridgehead atoms. The summed E-state index contributed by atoms with van der Waals surface area (Å²) >= 11 is 9.35. The van der Waals surface area contributed by atoms with Gasteiger partial charge in [-0.25, -0.2) is 4.79 Å². The van der Waals surface area contributed by atoms with Gasteiger partial charge in [-0.3, -0.25) is 0 Å². The summed E-state index contributed by atoms with van der Waals surface area (Å²) in [6, 6.07) is 12.9. The molecule has 0 unspecified atom stereocenters. The molecule has 0 saturated carbocycles. The number of hydrogen-bond donors (Lipinski definition) is 1. The Hall–Kier alpha value is -1.52. The summed E-state index contributed by atoms with van der Waals surface area (Å²) in [7, 11) is 1.37. The van der Waals surface area contributed by atoms with E-state index < -0.39 is 0 Å². The fourth-order valence-electron chi connectivity index (χ4n) is 1.71. The van der Waals surface area contributed by atoms with Crippen LogP contribution < -0.4 is 5.32 Å². The van der Waals surface area contributed by atoms with E-state index in [1.54, 1.807) is 12.1 Å². The van der Waals surface area contributed by atoms with E-state index in [1.807, 2.05) is 30.3 Å². The molecule has 0 aliphatic carbocycles. The highest BCUT2D eigenvalue weighted by molar-refractivity contribution is 9.10. The van der Waals surface area contributed by atoms with Crippen LogP contribution in [0.1, 0.15) is 15.9 Å². The minimum Gasteiger partial charge on any atom is -0.465 e. The molecule has 0 saturated heterocycles. The largest absolute Gasteiger partial charge is 0.465 e. The number of halogens is 2. The number of methoxy groups -OCH3 is 1. The van der Waals surface area contributed by atoms with Crippen molar-refractivity contribution >= 4 is 39.2 Å². The summed E-state index contributed by atoms with van der Waals surface area (Å²) in [5, 5.41) is 3.98. The van der Waals surface area contributed by atoms with Crippen LogP contribution in [0.15, 0.2) is 46.9 Å². The van der Waals surface area contributed by atoms with Crippen molar-refractivity contribution in [3.05, 3.63) is 63.1 Å². The molecule has 0 aliphatic heterocycles. The van der Waals surface area contributed by atoms with Crippen LogP contribution in [0.3, 0.4) is 0 Å². The van der Waals surface area contributed by atoms with Gasteiger partial charge in [0.05, 0.1) is 12.7 Å². The Morgan fingerprint density at radius 2 is 1.95 bits per heavy atom. The van der Waals surface area contributed by atoms with Gasteiger partial charge in [-0.2, -0.15) is 0 Å². The second kappa shape index (κ2) is 6.77. The van der Waals surface area contributed by atoms with Crippen LogP contribution in [0.25, 0.3) is 0 Å². The first-order valence-electron chi connectivity index (χ1n) is 5.96. The van der Waals surface area contributed by atoms with Crippen molar-refractivity contribution in [1.82, 2.24) is 0 Å². The van der Waals surface area contributed by atoms with E-state index in [1.165, 1.54) is 7.11 Å². The fourth-order valence-corrected chi connectivity index (χ4v) is 2.53. The number of nitrogens with one attached hydrogen (secondary N) is 1. The lowest BCUT2D eigenvalue weighted by Crippen LogP contribution is -2.03. The van der Waals surface area contributed by atoms with Gasteiger partial charge < -0.3 is 10.1 Å². The molecule has 2 rings (SSSR count). The van der Waals surface area contributed by atoms with Crippen molar-refractivity contribution in [2.24, 2.45) is 0 Å². The van der Waals surface area contributed by atoms with Gasteiger partial charge in [0.15, 0.2) is 0 Å². The number of rotatable bonds is 4. The smallest absolute Gasteiger partial charge is 0.337 e. The van der Waals surface area contributed by atoms with Crippen LogP contribution in [0.5, 0.6) is 0 Å². The summed E-state index contributed by atoms with van der Waals surface area (Å²) in [6.45, 7) is 0.654. The van der Waals surface area contributed by atoms with E-state index in [-0.39, 0.29) is 5.97 Å². The molecule has 20 heavy (non-hydrogen) atoms. The molecule has 5 heteroatoms. The van der Waals surface area contributed by atoms with Gasteiger partial charge in [-0.1, -0.05) is 23.7 Å². The maximum Gasteiger partial charge on any atom is 0.337 e. The fraction of sp³-hybridized carbons (Fsp3) is 0.133. The number of carbonyl (C=O) groups excluding carboxylic acids is 1. The predicted molar refractivity (Wildman–Crippen MR) is 84.3 cm³/mol. The monoisotopic (exact) mass is 353 g/mol. The Labute approximate surface area is 131 Å². The van der Waals surface area contributed by atoms with E-state index in [9.17, 15) is 4.79 Å². The van der Waals surface area contributed by atoms with Gasteiger partial charge >= 0.3 is 5.97 Å². The minimum atomic E-state index is -0.329. The lowest BCUT2D eigenvalue weighted by molar-refractivity contribution is 0.0600. The second-order valence-corrected chi connectivity index (χ2v) is 5.46. The molecular formula is C15H13BrClNO2. The highest BCUT2D eigenvalue weighted by Gasteiger charge is 2.05. The third-order valence-corrected chi connectivity index (χ3v) is 3.68. The van der Waals surface area contributed by atoms with Crippen molar-refractivity contribution < 1.29 is 9.53 Å². The Kier molecular flexibility index (Phi) is 5.04. The lowest BCUT2D eigenvalue weighted by atomic mass is 10.1. The molecule has 0 fully saturated rings. The standard InChI is InChI=1S/C15H13BrClNO2/c1-20-15(19)11-4-2-10(3-5-11)9-18-14-7-6-12(17)8-13(14)16/h2-8,18H,9H2,1H3. The first kappa shape index (κ1) is 14.9. The zero-order valence-electron chi connectivity index (χ0n) is 10.8. The van der Waals surface area contributed by atoms with Crippen LogP contribution in [-0.4, -0.2) is 13.1 Å². The average Bonchev–Trinajstić information content (AvgIpc) is 2.46. The van der Waals surface area contributed by atoms with Gasteiger partial charge in [0, 0.05) is 21.7 Å². The molecule has 1 N–H and O–H groups in total. The Bertz CT molecular complexity index is 614. The summed E-state index contributed by atoms with van der Waals surface area (Å²) < 4.78 is 5.57. The van der Waals surface area contributed by atoms with Crippen LogP contribution in [-0.2, 0) is 11.3 Å². The molecule has 2 aromatic rings. The van der Waals surface area contributed by atoms with Crippen LogP contribution in [0, 0.1) is 0 Å². The van der Waals surface area contributed by atoms with Gasteiger partial charge in [0.25, 0.3) is 0 Å². The van der Waals surface area contributed by atoms with E-state index in [0.717, 1.165) is 15.7 Å². The topological polar surface area (TPSA) is 38.3 Å². The predicted octanol–water partition coefficient (Wildman–Crippen LogP) is 4.50. The normalized spacial score (nSPS) is 10.2. The molecule has 0 radical (unpaired) electrons. The molecule has 104 valence electrons. The molecular weight excluding hydrogens is 342 g/mol. The Morgan fingerprint density at radius 1 is 1.25 bits per heavy atom. The van der Waals surface area contributed by atoms with Crippen molar-refractivity contribution in [1.29, 1.82) is 0 Å². The summed E-state index contributed by atoms with van der Waals surface area (Å²) in [5.41, 5.74) is 2.58. The molecule has 0 spiro atoms. The molecule has 3 nitrogen and oxygen atoms in total. The first-order valence-corrected chi connectivity index (χ1v) is 7.13. The number of esters is 1. The van der Waals surface area contributed by atoms with Crippen molar-refractivity contribution in [2.45, 2.75) is 6.54 Å². The van der Waals surface area contributed by atoms with E-state index in [0.29, 0.717) is 17.1 Å². The Morgan fingerprint density at radius 3 is 2.55 bits per heavy atom. The Balaban J connectivity index is 2.02. The van der Waals surface area contributed by atoms with Crippen LogP contribution in [0.4, 0.5) is 5.69 Å². The zero-order valence-corrected chi connectivity index (χ0v) is 13.2. The molecule has 0 aromatic heterocycles. The number of benzene rings is 2. The molecule has 0 aliphatic rings. The molecule has 0 heterocycles. The summed E-state index contributed by atoms with van der Waals surface area (Å²) in [6.07, 6.45) is 0. The molecule has 2 aromatic carbocycles. The number of ether oxygens (including phenoxy) is 1. The van der Waals surface area contributed by atoms with Gasteiger partial charge in [-0.05, 0) is 51.8 Å². The minimum absolute atomic E-state index is 0.329. The first-order chi connectivity index (χ1) is 9.60. The highest BCUT2D eigenvalue weighted by Crippen LogP contribution is 2.26. The van der Waals surface area contributed by atoms with E-state index >= 15 is 0 Å². The summed E-state index contributed by atoms with van der Waals surface area (Å²) in [4.78, 5) is 11.3. The molecule has 0 amide bonds. The van der Waals surface area contributed by atoms with Crippen molar-refractivity contribution in [3.63, 3.8) is 0 Å². The van der Waals surface area contributed by atoms with Crippen LogP contribution in [0.2, 0.25) is 5.02 Å². The van der Waals surface area contributed by atoms with Crippen molar-refractivity contribution in [3.8, 4) is 0 Å². The van der Waals surface area contributed by atoms with E-state index in [2.05, 4.69) is 26.0 Å². The molecule has 0 atom stereocenters. The maximum atomic E-state index is 11.3. The van der Waals surface area contributed by atoms with Crippen molar-refractivity contribution in [2.75, 3.05) is 12.4 Å². The number of anilines is 1. The summed E-state index contributed by atoms with van der Waals surface area (Å²) in [5.74, 6) is -0.329. The SMILES string of the molecule is COC(=O)c1ccc(CNc2ccc(Cl)cc2Br)cc1. The second-order valence-electron chi connectivity index (χ2n) is 4.17.